The van der Waals surface area contributed by atoms with Crippen molar-refractivity contribution in [1.82, 2.24) is 14.9 Å². The van der Waals surface area contributed by atoms with Crippen LogP contribution in [0, 0.1) is 36.5 Å². The van der Waals surface area contributed by atoms with Gasteiger partial charge in [0.1, 0.15) is 5.82 Å². The predicted octanol–water partition coefficient (Wildman–Crippen LogP) is 4.82. The summed E-state index contributed by atoms with van der Waals surface area (Å²) >= 11 is 0. The molecule has 0 atom stereocenters. The minimum absolute atomic E-state index is 0.479. The highest BCUT2D eigenvalue weighted by Gasteiger charge is 2.14. The van der Waals surface area contributed by atoms with Crippen LogP contribution >= 0.6 is 0 Å². The molecule has 1 aliphatic heterocycles. The van der Waals surface area contributed by atoms with Crippen molar-refractivity contribution in [1.29, 1.82) is 10.5 Å². The Labute approximate surface area is 205 Å². The molecule has 8 heteroatoms. The lowest BCUT2D eigenvalue weighted by Crippen LogP contribution is -2.35. The second-order valence-electron chi connectivity index (χ2n) is 8.39. The summed E-state index contributed by atoms with van der Waals surface area (Å²) in [6.45, 7) is 7.92. The number of ether oxygens (including phenoxy) is 1. The maximum absolute atomic E-state index is 9.06. The first-order chi connectivity index (χ1) is 17.0. The van der Waals surface area contributed by atoms with E-state index in [2.05, 4.69) is 21.6 Å². The Balaban J connectivity index is 1.63. The van der Waals surface area contributed by atoms with Crippen LogP contribution in [-0.2, 0) is 11.3 Å². The first kappa shape index (κ1) is 23.9. The average Bonchev–Trinajstić information content (AvgIpc) is 2.86. The first-order valence-corrected chi connectivity index (χ1v) is 11.4. The molecule has 176 valence electrons. The van der Waals surface area contributed by atoms with Gasteiger partial charge in [0.05, 0.1) is 36.6 Å². The number of aromatic nitrogens is 2. The number of morpholine rings is 1. The molecule has 2 heterocycles. The molecule has 1 aromatic heterocycles. The van der Waals surface area contributed by atoms with Gasteiger partial charge in [0.2, 0.25) is 5.95 Å². The molecule has 0 bridgehead atoms. The van der Waals surface area contributed by atoms with Crippen molar-refractivity contribution in [2.24, 2.45) is 0 Å². The largest absolute Gasteiger partial charge is 0.379 e. The summed E-state index contributed by atoms with van der Waals surface area (Å²) in [6, 6.07) is 17.4. The molecule has 35 heavy (non-hydrogen) atoms. The van der Waals surface area contributed by atoms with Crippen LogP contribution in [0.25, 0.3) is 6.08 Å². The summed E-state index contributed by atoms with van der Waals surface area (Å²) in [5.41, 5.74) is 6.35. The van der Waals surface area contributed by atoms with Crippen LogP contribution in [-0.4, -0.2) is 41.2 Å². The van der Waals surface area contributed by atoms with Crippen molar-refractivity contribution in [3.63, 3.8) is 0 Å². The van der Waals surface area contributed by atoms with Crippen molar-refractivity contribution < 1.29 is 4.74 Å². The Morgan fingerprint density at radius 2 is 1.71 bits per heavy atom. The zero-order valence-electron chi connectivity index (χ0n) is 19.9. The Kier molecular flexibility index (Phi) is 7.69. The van der Waals surface area contributed by atoms with Crippen molar-refractivity contribution in [3.8, 4) is 12.1 Å². The van der Waals surface area contributed by atoms with E-state index < -0.39 is 0 Å². The Bertz CT molecular complexity index is 1270. The molecule has 0 spiro atoms. The van der Waals surface area contributed by atoms with E-state index in [1.165, 1.54) is 6.08 Å². The molecule has 3 aromatic rings. The minimum Gasteiger partial charge on any atom is -0.379 e. The molecule has 8 nitrogen and oxygen atoms in total. The van der Waals surface area contributed by atoms with Crippen LogP contribution < -0.4 is 10.6 Å². The number of rotatable bonds is 7. The summed E-state index contributed by atoms with van der Waals surface area (Å²) in [4.78, 5) is 11.8. The third-order valence-electron chi connectivity index (χ3n) is 5.70. The zero-order chi connectivity index (χ0) is 24.6. The van der Waals surface area contributed by atoms with Crippen LogP contribution in [0.15, 0.2) is 48.5 Å². The van der Waals surface area contributed by atoms with Crippen LogP contribution in [0.4, 0.5) is 23.1 Å². The number of nitrogens with one attached hydrogen (secondary N) is 2. The van der Waals surface area contributed by atoms with Crippen molar-refractivity contribution >= 4 is 29.2 Å². The lowest BCUT2D eigenvalue weighted by atomic mass is 10.0. The van der Waals surface area contributed by atoms with Crippen LogP contribution in [0.5, 0.6) is 0 Å². The van der Waals surface area contributed by atoms with Gasteiger partial charge >= 0.3 is 0 Å². The molecule has 1 saturated heterocycles. The Morgan fingerprint density at radius 1 is 1.00 bits per heavy atom. The molecular formula is C27H27N7O. The van der Waals surface area contributed by atoms with Gasteiger partial charge in [-0.05, 0) is 73.0 Å². The molecule has 1 fully saturated rings. The lowest BCUT2D eigenvalue weighted by Gasteiger charge is -2.26. The highest BCUT2D eigenvalue weighted by atomic mass is 16.5. The van der Waals surface area contributed by atoms with Crippen molar-refractivity contribution in [2.75, 3.05) is 36.9 Å². The van der Waals surface area contributed by atoms with Gasteiger partial charge in [-0.2, -0.15) is 15.5 Å². The first-order valence-electron chi connectivity index (χ1n) is 11.4. The van der Waals surface area contributed by atoms with Crippen LogP contribution in [0.1, 0.15) is 27.9 Å². The number of hydrogen-bond donors (Lipinski definition) is 2. The van der Waals surface area contributed by atoms with E-state index in [1.54, 1.807) is 18.2 Å². The van der Waals surface area contributed by atoms with Gasteiger partial charge in [-0.3, -0.25) is 4.90 Å². The normalized spacial score (nSPS) is 13.8. The average molecular weight is 466 g/mol. The van der Waals surface area contributed by atoms with Gasteiger partial charge in [0.15, 0.2) is 0 Å². The monoisotopic (exact) mass is 465 g/mol. The minimum atomic E-state index is 0.479. The summed E-state index contributed by atoms with van der Waals surface area (Å²) in [7, 11) is 0. The van der Waals surface area contributed by atoms with E-state index in [9.17, 15) is 0 Å². The maximum atomic E-state index is 9.06. The summed E-state index contributed by atoms with van der Waals surface area (Å²) in [6.07, 6.45) is 3.28. The second kappa shape index (κ2) is 11.3. The van der Waals surface area contributed by atoms with Crippen molar-refractivity contribution in [2.45, 2.75) is 20.4 Å². The van der Waals surface area contributed by atoms with Gasteiger partial charge in [-0.25, -0.2) is 4.98 Å². The van der Waals surface area contributed by atoms with Gasteiger partial charge in [-0.15, -0.1) is 0 Å². The molecule has 2 N–H and O–H groups in total. The third kappa shape index (κ3) is 6.42. The molecule has 0 amide bonds. The molecule has 0 unspecified atom stereocenters. The van der Waals surface area contributed by atoms with Gasteiger partial charge in [-0.1, -0.05) is 0 Å². The van der Waals surface area contributed by atoms with Gasteiger partial charge < -0.3 is 15.4 Å². The molecule has 4 rings (SSSR count). The van der Waals surface area contributed by atoms with E-state index in [4.69, 9.17) is 25.2 Å². The van der Waals surface area contributed by atoms with E-state index >= 15 is 0 Å². The number of allylic oxidation sites excluding steroid dienone is 1. The fraction of sp³-hybridized carbons (Fsp3) is 0.259. The fourth-order valence-electron chi connectivity index (χ4n) is 4.00. The van der Waals surface area contributed by atoms with E-state index in [1.807, 2.05) is 50.2 Å². The summed E-state index contributed by atoms with van der Waals surface area (Å²) in [5, 5.41) is 24.6. The highest BCUT2D eigenvalue weighted by Crippen LogP contribution is 2.27. The van der Waals surface area contributed by atoms with E-state index in [0.29, 0.717) is 23.9 Å². The number of nitrogens with zero attached hydrogens (tertiary/aromatic N) is 5. The van der Waals surface area contributed by atoms with E-state index in [0.717, 1.165) is 60.1 Å². The maximum Gasteiger partial charge on any atom is 0.229 e. The predicted molar refractivity (Wildman–Crippen MR) is 136 cm³/mol. The number of aryl methyl sites for hydroxylation is 2. The highest BCUT2D eigenvalue weighted by molar-refractivity contribution is 5.69. The second-order valence-corrected chi connectivity index (χ2v) is 8.39. The molecule has 0 aliphatic carbocycles. The molecule has 2 aromatic carbocycles. The Morgan fingerprint density at radius 3 is 2.37 bits per heavy atom. The third-order valence-corrected chi connectivity index (χ3v) is 5.70. The molecule has 1 aliphatic rings. The van der Waals surface area contributed by atoms with Crippen LogP contribution in [0.2, 0.25) is 0 Å². The van der Waals surface area contributed by atoms with Crippen LogP contribution in [0.3, 0.4) is 0 Å². The molecular weight excluding hydrogens is 438 g/mol. The zero-order valence-corrected chi connectivity index (χ0v) is 19.9. The number of nitriles is 2. The molecule has 0 saturated carbocycles. The van der Waals surface area contributed by atoms with Crippen molar-refractivity contribution in [3.05, 3.63) is 76.5 Å². The van der Waals surface area contributed by atoms with Gasteiger partial charge in [0, 0.05) is 43.2 Å². The number of hydrogen-bond acceptors (Lipinski definition) is 8. The number of anilines is 4. The quantitative estimate of drug-likeness (QED) is 0.478. The van der Waals surface area contributed by atoms with Gasteiger partial charge in [0.25, 0.3) is 0 Å². The Hall–Kier alpha value is -4.24. The molecule has 0 radical (unpaired) electrons. The van der Waals surface area contributed by atoms with E-state index in [-0.39, 0.29) is 0 Å². The standard InChI is InChI=1S/C27H27N7O/c1-19-14-22(4-3-9-28)15-20(2)26(19)32-25-16-24(18-34-10-12-35-13-11-34)31-27(33-25)30-23-7-5-21(17-29)6-8-23/h3-8,14-16H,10-13,18H2,1-2H3,(H2,30,31,32,33)/b4-3+. The lowest BCUT2D eigenvalue weighted by molar-refractivity contribution is 0.0336. The smallest absolute Gasteiger partial charge is 0.229 e. The SMILES string of the molecule is Cc1cc(/C=C/C#N)cc(C)c1Nc1cc(CN2CCOCC2)nc(Nc2ccc(C#N)cc2)n1. The number of benzene rings is 2. The topological polar surface area (TPSA) is 110 Å². The summed E-state index contributed by atoms with van der Waals surface area (Å²) < 4.78 is 5.48. The fourth-order valence-corrected chi connectivity index (χ4v) is 4.00. The summed E-state index contributed by atoms with van der Waals surface area (Å²) in [5.74, 6) is 1.16.